The van der Waals surface area contributed by atoms with E-state index in [1.165, 1.54) is 0 Å². The highest BCUT2D eigenvalue weighted by Gasteiger charge is 2.37. The summed E-state index contributed by atoms with van der Waals surface area (Å²) in [5, 5.41) is 3.68. The zero-order valence-electron chi connectivity index (χ0n) is 17.9. The number of para-hydroxylation sites is 1. The summed E-state index contributed by atoms with van der Waals surface area (Å²) < 4.78 is 11.2. The molecule has 2 unspecified atom stereocenters. The first-order valence-corrected chi connectivity index (χ1v) is 10.3. The molecule has 5 heteroatoms. The third kappa shape index (κ3) is 5.51. The van der Waals surface area contributed by atoms with Gasteiger partial charge < -0.3 is 14.8 Å². The predicted molar refractivity (Wildman–Crippen MR) is 115 cm³/mol. The zero-order chi connectivity index (χ0) is 20.9. The van der Waals surface area contributed by atoms with E-state index < -0.39 is 5.60 Å². The van der Waals surface area contributed by atoms with E-state index in [4.69, 9.17) is 9.47 Å². The number of hydrogen-bond donors (Lipinski definition) is 1. The molecular weight excluding hydrogens is 364 g/mol. The maximum absolute atomic E-state index is 13.0. The van der Waals surface area contributed by atoms with E-state index in [9.17, 15) is 4.79 Å². The van der Waals surface area contributed by atoms with Crippen LogP contribution in [0.3, 0.4) is 0 Å². The van der Waals surface area contributed by atoms with Crippen LogP contribution in [0.25, 0.3) is 0 Å². The maximum atomic E-state index is 13.0. The van der Waals surface area contributed by atoms with Crippen molar-refractivity contribution in [3.8, 4) is 5.75 Å². The van der Waals surface area contributed by atoms with Crippen molar-refractivity contribution in [2.24, 2.45) is 0 Å². The number of nitrogens with one attached hydrogen (secondary N) is 1. The summed E-state index contributed by atoms with van der Waals surface area (Å²) in [4.78, 5) is 14.9. The largest absolute Gasteiger partial charge is 0.496 e. The third-order valence-corrected chi connectivity index (χ3v) is 5.15. The summed E-state index contributed by atoms with van der Waals surface area (Å²) in [6.45, 7) is 7.10. The van der Waals surface area contributed by atoms with Crippen LogP contribution >= 0.6 is 0 Å². The molecule has 1 amide bonds. The van der Waals surface area contributed by atoms with Crippen LogP contribution in [0.5, 0.6) is 5.75 Å². The van der Waals surface area contributed by atoms with E-state index in [1.54, 1.807) is 7.11 Å². The second-order valence-electron chi connectivity index (χ2n) is 8.47. The van der Waals surface area contributed by atoms with Gasteiger partial charge in [-0.15, -0.1) is 0 Å². The number of ether oxygens (including phenoxy) is 2. The van der Waals surface area contributed by atoms with E-state index >= 15 is 0 Å². The molecule has 1 aliphatic heterocycles. The minimum Gasteiger partial charge on any atom is -0.496 e. The van der Waals surface area contributed by atoms with Crippen LogP contribution in [0, 0.1) is 0 Å². The standard InChI is InChI=1S/C24H32N2O3/c1-24(2,3)29-23(27)26-16-10-14-20(22(26)18-11-6-5-7-12-18)25-17-19-13-8-9-15-21(19)28-4/h5-9,11-13,15,20,22,25H,10,14,16-17H2,1-4H3. The second-order valence-corrected chi connectivity index (χ2v) is 8.47. The Kier molecular flexibility index (Phi) is 6.80. The van der Waals surface area contributed by atoms with Gasteiger partial charge in [0.05, 0.1) is 13.2 Å². The van der Waals surface area contributed by atoms with Crippen molar-refractivity contribution in [3.63, 3.8) is 0 Å². The van der Waals surface area contributed by atoms with Crippen molar-refractivity contribution in [1.82, 2.24) is 10.2 Å². The van der Waals surface area contributed by atoms with Crippen molar-refractivity contribution in [2.75, 3.05) is 13.7 Å². The van der Waals surface area contributed by atoms with Gasteiger partial charge in [0.25, 0.3) is 0 Å². The number of amides is 1. The van der Waals surface area contributed by atoms with Gasteiger partial charge in [0.2, 0.25) is 0 Å². The highest BCUT2D eigenvalue weighted by atomic mass is 16.6. The Hall–Kier alpha value is -2.53. The number of rotatable bonds is 5. The smallest absolute Gasteiger partial charge is 0.410 e. The van der Waals surface area contributed by atoms with Crippen LogP contribution in [0.15, 0.2) is 54.6 Å². The van der Waals surface area contributed by atoms with Crippen molar-refractivity contribution in [2.45, 2.75) is 57.8 Å². The Balaban J connectivity index is 1.83. The van der Waals surface area contributed by atoms with E-state index in [-0.39, 0.29) is 18.2 Å². The topological polar surface area (TPSA) is 50.8 Å². The molecule has 0 saturated carbocycles. The number of piperidine rings is 1. The fraction of sp³-hybridized carbons (Fsp3) is 0.458. The lowest BCUT2D eigenvalue weighted by atomic mass is 9.90. The van der Waals surface area contributed by atoms with Crippen LogP contribution in [0.2, 0.25) is 0 Å². The number of hydrogen-bond acceptors (Lipinski definition) is 4. The molecule has 5 nitrogen and oxygen atoms in total. The fourth-order valence-electron chi connectivity index (χ4n) is 3.89. The molecule has 0 aliphatic carbocycles. The molecule has 2 aromatic rings. The number of methoxy groups -OCH3 is 1. The molecule has 1 aliphatic rings. The molecule has 156 valence electrons. The molecule has 0 radical (unpaired) electrons. The van der Waals surface area contributed by atoms with Gasteiger partial charge >= 0.3 is 6.09 Å². The average Bonchev–Trinajstić information content (AvgIpc) is 2.71. The highest BCUT2D eigenvalue weighted by Crippen LogP contribution is 2.33. The van der Waals surface area contributed by atoms with Gasteiger partial charge in [0.15, 0.2) is 0 Å². The second kappa shape index (κ2) is 9.31. The Bertz CT molecular complexity index is 801. The number of benzene rings is 2. The summed E-state index contributed by atoms with van der Waals surface area (Å²) >= 11 is 0. The first kappa shape index (κ1) is 21.2. The van der Waals surface area contributed by atoms with E-state index in [1.807, 2.05) is 62.1 Å². The number of carbonyl (C=O) groups is 1. The van der Waals surface area contributed by atoms with Gasteiger partial charge in [-0.1, -0.05) is 48.5 Å². The van der Waals surface area contributed by atoms with Gasteiger partial charge in [0, 0.05) is 24.7 Å². The van der Waals surface area contributed by atoms with Gasteiger partial charge in [-0.2, -0.15) is 0 Å². The Morgan fingerprint density at radius 2 is 1.79 bits per heavy atom. The molecule has 0 bridgehead atoms. The summed E-state index contributed by atoms with van der Waals surface area (Å²) in [5.41, 5.74) is 1.71. The SMILES string of the molecule is COc1ccccc1CNC1CCCN(C(=O)OC(C)(C)C)C1c1ccccc1. The molecule has 29 heavy (non-hydrogen) atoms. The minimum atomic E-state index is -0.518. The van der Waals surface area contributed by atoms with Gasteiger partial charge in [-0.3, -0.25) is 4.90 Å². The minimum absolute atomic E-state index is 0.0745. The first-order chi connectivity index (χ1) is 13.9. The summed E-state index contributed by atoms with van der Waals surface area (Å²) in [6, 6.07) is 18.3. The highest BCUT2D eigenvalue weighted by molar-refractivity contribution is 5.69. The molecule has 1 saturated heterocycles. The van der Waals surface area contributed by atoms with Crippen LogP contribution in [-0.2, 0) is 11.3 Å². The number of carbonyl (C=O) groups excluding carboxylic acids is 1. The molecule has 3 rings (SSSR count). The summed E-state index contributed by atoms with van der Waals surface area (Å²) in [5.74, 6) is 0.871. The van der Waals surface area contributed by atoms with Crippen molar-refractivity contribution in [3.05, 3.63) is 65.7 Å². The Morgan fingerprint density at radius 1 is 1.10 bits per heavy atom. The number of nitrogens with zero attached hydrogens (tertiary/aromatic N) is 1. The van der Waals surface area contributed by atoms with Crippen LogP contribution < -0.4 is 10.1 Å². The molecular formula is C24H32N2O3. The fourth-order valence-corrected chi connectivity index (χ4v) is 3.89. The molecule has 2 atom stereocenters. The van der Waals surface area contributed by atoms with Crippen molar-refractivity contribution >= 4 is 6.09 Å². The summed E-state index contributed by atoms with van der Waals surface area (Å²) in [6.07, 6.45) is 1.68. The average molecular weight is 397 g/mol. The first-order valence-electron chi connectivity index (χ1n) is 10.3. The molecule has 0 aromatic heterocycles. The maximum Gasteiger partial charge on any atom is 0.410 e. The van der Waals surface area contributed by atoms with Gasteiger partial charge in [-0.25, -0.2) is 4.79 Å². The predicted octanol–water partition coefficient (Wildman–Crippen LogP) is 4.93. The Labute approximate surface area is 174 Å². The lowest BCUT2D eigenvalue weighted by Crippen LogP contribution is -2.51. The van der Waals surface area contributed by atoms with E-state index in [0.29, 0.717) is 13.1 Å². The summed E-state index contributed by atoms with van der Waals surface area (Å²) in [7, 11) is 1.69. The molecule has 1 N–H and O–H groups in total. The lowest BCUT2D eigenvalue weighted by Gasteiger charge is -2.42. The molecule has 1 fully saturated rings. The number of likely N-dealkylation sites (tertiary alicyclic amines) is 1. The van der Waals surface area contributed by atoms with Crippen molar-refractivity contribution < 1.29 is 14.3 Å². The lowest BCUT2D eigenvalue weighted by molar-refractivity contribution is 0.00380. The van der Waals surface area contributed by atoms with Crippen LogP contribution in [-0.4, -0.2) is 36.3 Å². The Morgan fingerprint density at radius 3 is 2.48 bits per heavy atom. The van der Waals surface area contributed by atoms with Crippen LogP contribution in [0.1, 0.15) is 50.8 Å². The third-order valence-electron chi connectivity index (χ3n) is 5.15. The quantitative estimate of drug-likeness (QED) is 0.779. The monoisotopic (exact) mass is 396 g/mol. The molecule has 1 heterocycles. The molecule has 0 spiro atoms. The van der Waals surface area contributed by atoms with E-state index in [0.717, 1.165) is 29.7 Å². The normalized spacial score (nSPS) is 19.7. The van der Waals surface area contributed by atoms with Gasteiger partial charge in [0.1, 0.15) is 11.4 Å². The van der Waals surface area contributed by atoms with Crippen LogP contribution in [0.4, 0.5) is 4.79 Å². The van der Waals surface area contributed by atoms with Gasteiger partial charge in [-0.05, 0) is 45.2 Å². The van der Waals surface area contributed by atoms with Crippen molar-refractivity contribution in [1.29, 1.82) is 0 Å². The molecule has 2 aromatic carbocycles. The van der Waals surface area contributed by atoms with E-state index in [2.05, 4.69) is 23.5 Å². The zero-order valence-corrected chi connectivity index (χ0v) is 17.9.